The molecular weight excluding hydrogens is 470 g/mol. The summed E-state index contributed by atoms with van der Waals surface area (Å²) in [7, 11) is 1.51. The molecule has 0 saturated heterocycles. The van der Waals surface area contributed by atoms with Crippen molar-refractivity contribution in [3.63, 3.8) is 0 Å². The van der Waals surface area contributed by atoms with Crippen LogP contribution in [0.2, 0.25) is 0 Å². The van der Waals surface area contributed by atoms with Gasteiger partial charge in [-0.2, -0.15) is 4.39 Å². The van der Waals surface area contributed by atoms with Gasteiger partial charge >= 0.3 is 6.09 Å². The van der Waals surface area contributed by atoms with Crippen molar-refractivity contribution in [2.45, 2.75) is 25.5 Å². The van der Waals surface area contributed by atoms with E-state index in [4.69, 9.17) is 9.94 Å². The summed E-state index contributed by atoms with van der Waals surface area (Å²) >= 11 is 0. The van der Waals surface area contributed by atoms with Gasteiger partial charge in [0.2, 0.25) is 11.9 Å². The van der Waals surface area contributed by atoms with Crippen LogP contribution < -0.4 is 15.9 Å². The number of ether oxygens (including phenoxy) is 1. The summed E-state index contributed by atoms with van der Waals surface area (Å²) in [4.78, 5) is 32.0. The van der Waals surface area contributed by atoms with E-state index >= 15 is 0 Å². The molecule has 4 N–H and O–H groups in total. The quantitative estimate of drug-likeness (QED) is 0.278. The second kappa shape index (κ2) is 9.65. The van der Waals surface area contributed by atoms with Crippen LogP contribution in [0.5, 0.6) is 0 Å². The lowest BCUT2D eigenvalue weighted by atomic mass is 10.2. The van der Waals surface area contributed by atoms with Crippen molar-refractivity contribution in [2.75, 3.05) is 10.6 Å². The van der Waals surface area contributed by atoms with E-state index in [2.05, 4.69) is 30.9 Å². The Labute approximate surface area is 196 Å². The Balaban J connectivity index is 1.42. The molecule has 13 nitrogen and oxygen atoms in total. The van der Waals surface area contributed by atoms with E-state index in [-0.39, 0.29) is 17.1 Å². The second-order valence-corrected chi connectivity index (χ2v) is 7.82. The number of amides is 2. The number of nitrogens with zero attached hydrogens (tertiary/aromatic N) is 5. The smallest absolute Gasteiger partial charge is 0.413 e. The summed E-state index contributed by atoms with van der Waals surface area (Å²) in [5.74, 6) is -2.61. The van der Waals surface area contributed by atoms with Crippen LogP contribution in [0.1, 0.15) is 25.0 Å². The number of hydroxylamine groups is 2. The topological polar surface area (TPSA) is 172 Å². The van der Waals surface area contributed by atoms with Gasteiger partial charge in [0, 0.05) is 13.5 Å². The Morgan fingerprint density at radius 1 is 1.29 bits per heavy atom. The molecule has 1 aliphatic carbocycles. The number of nitrogens with one attached hydrogen (secondary N) is 3. The molecule has 3 heterocycles. The van der Waals surface area contributed by atoms with E-state index in [1.165, 1.54) is 37.0 Å². The molecule has 184 valence electrons. The zero-order valence-electron chi connectivity index (χ0n) is 18.4. The minimum Gasteiger partial charge on any atom is -0.600 e. The molecule has 1 unspecified atom stereocenters. The highest BCUT2D eigenvalue weighted by molar-refractivity contribution is 5.95. The Kier molecular flexibility index (Phi) is 6.63. The standard InChI is InChI=1S/C20H20F2N8O5/c1-9(12-5-10(21)7-24-17(12)22)35-20(32)26-18-16(27-28-29(18)2)14-4-3-11(8-23-14)25-19(31)13-6-15(13)30(33)34/h3-5,7-9,13,15,30,33H,6H2,1-2H3,(H,25,31)(H,26,32)/t9-,13-,15-/m1/s1. The van der Waals surface area contributed by atoms with E-state index in [0.29, 0.717) is 24.0 Å². The molecule has 1 fully saturated rings. The number of pyridine rings is 2. The first-order valence-corrected chi connectivity index (χ1v) is 10.3. The largest absolute Gasteiger partial charge is 0.600 e. The summed E-state index contributed by atoms with van der Waals surface area (Å²) in [6.45, 7) is 1.36. The van der Waals surface area contributed by atoms with E-state index in [9.17, 15) is 23.6 Å². The Morgan fingerprint density at radius 3 is 2.71 bits per heavy atom. The van der Waals surface area contributed by atoms with Gasteiger partial charge in [0.1, 0.15) is 18.0 Å². The van der Waals surface area contributed by atoms with Crippen molar-refractivity contribution in [2.24, 2.45) is 13.0 Å². The van der Waals surface area contributed by atoms with Gasteiger partial charge in [0.25, 0.3) is 0 Å². The van der Waals surface area contributed by atoms with Gasteiger partial charge in [0.05, 0.1) is 35.3 Å². The van der Waals surface area contributed by atoms with Crippen molar-refractivity contribution in [1.29, 1.82) is 0 Å². The minimum absolute atomic E-state index is 0.117. The summed E-state index contributed by atoms with van der Waals surface area (Å²) < 4.78 is 33.6. The van der Waals surface area contributed by atoms with E-state index in [1.54, 1.807) is 0 Å². The molecular formula is C20H20F2N8O5. The molecule has 1 aliphatic rings. The number of aromatic nitrogens is 5. The summed E-state index contributed by atoms with van der Waals surface area (Å²) in [5.41, 5.74) is 0.604. The number of rotatable bonds is 7. The van der Waals surface area contributed by atoms with Crippen molar-refractivity contribution >= 4 is 23.5 Å². The predicted octanol–water partition coefficient (Wildman–Crippen LogP) is 0.959. The van der Waals surface area contributed by atoms with Gasteiger partial charge in [-0.1, -0.05) is 5.21 Å². The second-order valence-electron chi connectivity index (χ2n) is 7.82. The first-order valence-electron chi connectivity index (χ1n) is 10.3. The van der Waals surface area contributed by atoms with Gasteiger partial charge in [0.15, 0.2) is 11.5 Å². The van der Waals surface area contributed by atoms with E-state index in [0.717, 1.165) is 6.07 Å². The first-order chi connectivity index (χ1) is 16.6. The van der Waals surface area contributed by atoms with Crippen LogP contribution in [0, 0.1) is 22.9 Å². The van der Waals surface area contributed by atoms with E-state index in [1.807, 2.05) is 0 Å². The fraction of sp³-hybridized carbons (Fsp3) is 0.300. The molecule has 0 radical (unpaired) electrons. The highest BCUT2D eigenvalue weighted by atomic mass is 19.1. The molecule has 4 atom stereocenters. The number of carbonyl (C=O) groups is 2. The molecule has 15 heteroatoms. The molecule has 1 saturated carbocycles. The predicted molar refractivity (Wildman–Crippen MR) is 114 cm³/mol. The summed E-state index contributed by atoms with van der Waals surface area (Å²) in [5, 5.41) is 31.7. The summed E-state index contributed by atoms with van der Waals surface area (Å²) in [6, 6.07) is 3.27. The molecule has 0 aromatic carbocycles. The molecule has 0 spiro atoms. The molecule has 0 aliphatic heterocycles. The van der Waals surface area contributed by atoms with Gasteiger partial charge in [-0.3, -0.25) is 15.1 Å². The summed E-state index contributed by atoms with van der Waals surface area (Å²) in [6.07, 6.45) is 0.231. The van der Waals surface area contributed by atoms with E-state index < -0.39 is 47.1 Å². The minimum atomic E-state index is -1.14. The third-order valence-corrected chi connectivity index (χ3v) is 5.32. The zero-order chi connectivity index (χ0) is 25.3. The maximum absolute atomic E-state index is 13.8. The average Bonchev–Trinajstić information content (AvgIpc) is 3.55. The number of hydrogen-bond donors (Lipinski definition) is 4. The van der Waals surface area contributed by atoms with Crippen molar-refractivity contribution < 1.29 is 33.5 Å². The number of quaternary nitrogens is 1. The van der Waals surface area contributed by atoms with Crippen LogP contribution in [-0.2, 0) is 16.6 Å². The molecule has 0 bridgehead atoms. The Bertz CT molecular complexity index is 1250. The third-order valence-electron chi connectivity index (χ3n) is 5.32. The van der Waals surface area contributed by atoms with Gasteiger partial charge < -0.3 is 15.3 Å². The normalized spacial score (nSPS) is 18.5. The maximum atomic E-state index is 13.8. The van der Waals surface area contributed by atoms with Gasteiger partial charge in [-0.25, -0.2) is 29.3 Å². The van der Waals surface area contributed by atoms with Crippen molar-refractivity contribution in [1.82, 2.24) is 25.0 Å². The lowest BCUT2D eigenvalue weighted by Gasteiger charge is -2.15. The number of carbonyl (C=O) groups excluding carboxylic acids is 2. The number of anilines is 2. The number of aryl methyl sites for hydroxylation is 1. The first kappa shape index (κ1) is 24.1. The van der Waals surface area contributed by atoms with Crippen LogP contribution in [0.3, 0.4) is 0 Å². The monoisotopic (exact) mass is 490 g/mol. The van der Waals surface area contributed by atoms with Crippen molar-refractivity contribution in [3.8, 4) is 11.4 Å². The lowest BCUT2D eigenvalue weighted by Crippen LogP contribution is -3.06. The van der Waals surface area contributed by atoms with Gasteiger partial charge in [-0.15, -0.1) is 5.10 Å². The van der Waals surface area contributed by atoms with Crippen LogP contribution in [-0.4, -0.2) is 48.2 Å². The average molecular weight is 490 g/mol. The third kappa shape index (κ3) is 5.37. The fourth-order valence-corrected chi connectivity index (χ4v) is 3.34. The lowest BCUT2D eigenvalue weighted by molar-refractivity contribution is -1.06. The van der Waals surface area contributed by atoms with Crippen LogP contribution in [0.15, 0.2) is 30.6 Å². The SMILES string of the molecule is C[C@@H](OC(=O)Nc1c(-c2ccc(NC(=O)[C@@H]3C[C@H]3[NH+]([O-])O)cn2)nnn1C)c1cc(F)cnc1F. The molecule has 2 amide bonds. The molecule has 35 heavy (non-hydrogen) atoms. The number of halogens is 2. The zero-order valence-corrected chi connectivity index (χ0v) is 18.4. The van der Waals surface area contributed by atoms with Crippen LogP contribution >= 0.6 is 0 Å². The highest BCUT2D eigenvalue weighted by Crippen LogP contribution is 2.30. The van der Waals surface area contributed by atoms with Crippen LogP contribution in [0.25, 0.3) is 11.4 Å². The Morgan fingerprint density at radius 2 is 2.06 bits per heavy atom. The number of hydrogen-bond acceptors (Lipinski definition) is 9. The fourth-order valence-electron chi connectivity index (χ4n) is 3.34. The molecule has 4 rings (SSSR count). The Hall–Kier alpha value is -4.08. The maximum Gasteiger partial charge on any atom is 0.413 e. The molecule has 3 aromatic rings. The molecule has 3 aromatic heterocycles. The highest BCUT2D eigenvalue weighted by Gasteiger charge is 2.49. The van der Waals surface area contributed by atoms with Crippen molar-refractivity contribution in [3.05, 3.63) is 53.1 Å². The van der Waals surface area contributed by atoms with Gasteiger partial charge in [-0.05, 0) is 25.1 Å². The van der Waals surface area contributed by atoms with Crippen LogP contribution in [0.4, 0.5) is 25.1 Å².